The van der Waals surface area contributed by atoms with Gasteiger partial charge in [-0.05, 0) is 36.2 Å². The summed E-state index contributed by atoms with van der Waals surface area (Å²) in [5, 5.41) is 35.5. The lowest BCUT2D eigenvalue weighted by atomic mass is 10.2. The highest BCUT2D eigenvalue weighted by Gasteiger charge is 2.14. The minimum Gasteiger partial charge on any atom is -0.545 e. The molecule has 8 N–H and O–H groups in total. The first-order chi connectivity index (χ1) is 12.0. The highest BCUT2D eigenvalue weighted by Crippen LogP contribution is 1.97. The molecular weight excluding hydrogens is 388 g/mol. The van der Waals surface area contributed by atoms with Crippen molar-refractivity contribution in [3.63, 3.8) is 0 Å². The van der Waals surface area contributed by atoms with Gasteiger partial charge >= 0.3 is 11.9 Å². The van der Waals surface area contributed by atoms with E-state index in [1.165, 1.54) is 0 Å². The van der Waals surface area contributed by atoms with Gasteiger partial charge < -0.3 is 41.5 Å². The predicted molar refractivity (Wildman–Crippen MR) is 93.8 cm³/mol. The zero-order valence-corrected chi connectivity index (χ0v) is 16.3. The summed E-state index contributed by atoms with van der Waals surface area (Å²) in [4.78, 5) is 39.1. The molecule has 0 aromatic rings. The summed E-state index contributed by atoms with van der Waals surface area (Å²) in [6, 6.07) is -0.866. The van der Waals surface area contributed by atoms with Crippen molar-refractivity contribution in [2.75, 3.05) is 24.0 Å². The Balaban J connectivity index is -0.000000306. The van der Waals surface area contributed by atoms with Gasteiger partial charge in [0.15, 0.2) is 12.1 Å². The van der Waals surface area contributed by atoms with Crippen LogP contribution in [0.15, 0.2) is 12.2 Å². The number of hydrogen-bond acceptors (Lipinski definition) is 8. The van der Waals surface area contributed by atoms with Crippen LogP contribution >= 0.6 is 23.5 Å². The lowest BCUT2D eigenvalue weighted by Crippen LogP contribution is -2.65. The number of carboxylic acid groups (broad SMARTS) is 4. The molecule has 2 atom stereocenters. The number of rotatable bonds is 10. The first-order valence-corrected chi connectivity index (χ1v) is 9.97. The number of quaternary nitrogens is 2. The van der Waals surface area contributed by atoms with E-state index in [0.717, 1.165) is 11.5 Å². The van der Waals surface area contributed by atoms with Gasteiger partial charge in [-0.25, -0.2) is 9.59 Å². The third kappa shape index (κ3) is 27.1. The molecule has 0 saturated carbocycles. The van der Waals surface area contributed by atoms with E-state index in [1.54, 1.807) is 23.5 Å². The Hall–Kier alpha value is -1.76. The number of aliphatic carboxylic acids is 4. The first-order valence-electron chi connectivity index (χ1n) is 7.19. The van der Waals surface area contributed by atoms with Crippen LogP contribution in [0.25, 0.3) is 0 Å². The molecule has 10 nitrogen and oxygen atoms in total. The summed E-state index contributed by atoms with van der Waals surface area (Å²) in [7, 11) is 0. The van der Waals surface area contributed by atoms with Crippen molar-refractivity contribution in [2.45, 2.75) is 24.9 Å². The third-order valence-corrected chi connectivity index (χ3v) is 3.68. The fourth-order valence-electron chi connectivity index (χ4n) is 0.903. The monoisotopic (exact) mass is 414 g/mol. The molecular formula is C14H26N2O8S2. The number of carbonyl (C=O) groups excluding carboxylic acids is 2. The molecule has 0 aromatic heterocycles. The van der Waals surface area contributed by atoms with Gasteiger partial charge in [0.1, 0.15) is 0 Å². The van der Waals surface area contributed by atoms with Crippen molar-refractivity contribution in [3.8, 4) is 0 Å². The minimum atomic E-state index is -1.55. The summed E-state index contributed by atoms with van der Waals surface area (Å²) >= 11 is 3.29. The second kappa shape index (κ2) is 19.6. The number of carbonyl (C=O) groups is 4. The van der Waals surface area contributed by atoms with E-state index >= 15 is 0 Å². The lowest BCUT2D eigenvalue weighted by molar-refractivity contribution is -0.408. The quantitative estimate of drug-likeness (QED) is 0.254. The van der Waals surface area contributed by atoms with Crippen molar-refractivity contribution in [2.24, 2.45) is 0 Å². The maximum absolute atomic E-state index is 10.1. The summed E-state index contributed by atoms with van der Waals surface area (Å²) < 4.78 is 0. The second-order valence-corrected chi connectivity index (χ2v) is 6.58. The third-order valence-electron chi connectivity index (χ3n) is 2.39. The predicted octanol–water partition coefficient (Wildman–Crippen LogP) is -4.09. The summed E-state index contributed by atoms with van der Waals surface area (Å²) in [6.07, 6.45) is 6.00. The van der Waals surface area contributed by atoms with Crippen LogP contribution in [0.3, 0.4) is 0 Å². The second-order valence-electron chi connectivity index (χ2n) is 4.60. The lowest BCUT2D eigenvalue weighted by Gasteiger charge is -1.98. The summed E-state index contributed by atoms with van der Waals surface area (Å²) in [5.41, 5.74) is 6.92. The number of carboxylic acids is 4. The molecule has 2 unspecified atom stereocenters. The molecule has 0 aliphatic heterocycles. The molecule has 0 radical (unpaired) electrons. The molecule has 0 amide bonds. The van der Waals surface area contributed by atoms with Gasteiger partial charge in [0.25, 0.3) is 0 Å². The Morgan fingerprint density at radius 1 is 0.846 bits per heavy atom. The van der Waals surface area contributed by atoms with Crippen molar-refractivity contribution >= 4 is 47.4 Å². The van der Waals surface area contributed by atoms with Gasteiger partial charge in [0, 0.05) is 12.8 Å². The zero-order chi connectivity index (χ0) is 21.1. The van der Waals surface area contributed by atoms with E-state index in [2.05, 4.69) is 11.5 Å². The Kier molecular flexibility index (Phi) is 21.8. The normalized spacial score (nSPS) is 12.0. The smallest absolute Gasteiger partial charge is 0.362 e. The SMILES string of the molecule is CSCCC([NH3+])C(=O)O.CSCCC([NH3+])C(=O)O.O=C([O-])/C=C\C(=O)[O-]. The van der Waals surface area contributed by atoms with E-state index in [9.17, 15) is 29.4 Å². The van der Waals surface area contributed by atoms with Crippen LogP contribution in [0.4, 0.5) is 0 Å². The zero-order valence-electron chi connectivity index (χ0n) is 14.7. The average Bonchev–Trinajstić information content (AvgIpc) is 2.56. The summed E-state index contributed by atoms with van der Waals surface area (Å²) in [6.45, 7) is 0. The van der Waals surface area contributed by atoms with E-state index in [1.807, 2.05) is 12.5 Å². The Morgan fingerprint density at radius 2 is 1.12 bits per heavy atom. The highest BCUT2D eigenvalue weighted by molar-refractivity contribution is 7.98. The van der Waals surface area contributed by atoms with Gasteiger partial charge in [0.05, 0.1) is 11.9 Å². The van der Waals surface area contributed by atoms with Crippen molar-refractivity contribution in [1.82, 2.24) is 0 Å². The molecule has 0 spiro atoms. The van der Waals surface area contributed by atoms with Gasteiger partial charge in [-0.2, -0.15) is 23.5 Å². The number of thioether (sulfide) groups is 2. The molecule has 12 heteroatoms. The molecule has 0 rings (SSSR count). The van der Waals surface area contributed by atoms with Crippen LogP contribution in [-0.2, 0) is 19.2 Å². The molecule has 0 aromatic carbocycles. The molecule has 0 heterocycles. The van der Waals surface area contributed by atoms with Crippen molar-refractivity contribution < 1.29 is 51.1 Å². The van der Waals surface area contributed by atoms with Crippen LogP contribution in [-0.4, -0.2) is 70.2 Å². The molecule has 152 valence electrons. The molecule has 0 aliphatic carbocycles. The van der Waals surface area contributed by atoms with Crippen LogP contribution < -0.4 is 21.7 Å². The van der Waals surface area contributed by atoms with Gasteiger partial charge in [0.2, 0.25) is 0 Å². The van der Waals surface area contributed by atoms with Gasteiger partial charge in [-0.3, -0.25) is 0 Å². The van der Waals surface area contributed by atoms with E-state index < -0.39 is 36.0 Å². The topological polar surface area (TPSA) is 210 Å². The molecule has 0 bridgehead atoms. The maximum atomic E-state index is 10.1. The molecule has 26 heavy (non-hydrogen) atoms. The standard InChI is InChI=1S/2C5H11NO2S.C4H4O4/c2*1-9-3-2-4(6)5(7)8;5-3(6)1-2-4(7)8/h2*4H,2-3,6H2,1H3,(H,7,8);1-2H,(H,5,6)(H,7,8)/b;;2-1-. The molecule has 0 aliphatic rings. The minimum absolute atomic E-state index is 0.384. The molecule has 0 fully saturated rings. The van der Waals surface area contributed by atoms with Crippen LogP contribution in [0.5, 0.6) is 0 Å². The number of hydrogen-bond donors (Lipinski definition) is 4. The Labute approximate surface area is 160 Å². The van der Waals surface area contributed by atoms with Gasteiger partial charge in [-0.15, -0.1) is 0 Å². The first kappa shape index (κ1) is 29.0. The Morgan fingerprint density at radius 3 is 1.27 bits per heavy atom. The summed E-state index contributed by atoms with van der Waals surface area (Å²) in [5.74, 6) is -2.95. The van der Waals surface area contributed by atoms with Crippen LogP contribution in [0.2, 0.25) is 0 Å². The van der Waals surface area contributed by atoms with Crippen molar-refractivity contribution in [3.05, 3.63) is 12.2 Å². The largest absolute Gasteiger partial charge is 0.545 e. The Bertz CT molecular complexity index is 420. The average molecular weight is 415 g/mol. The van der Waals surface area contributed by atoms with E-state index in [-0.39, 0.29) is 0 Å². The van der Waals surface area contributed by atoms with Crippen molar-refractivity contribution in [1.29, 1.82) is 0 Å². The highest BCUT2D eigenvalue weighted by atomic mass is 32.2. The fourth-order valence-corrected chi connectivity index (χ4v) is 1.94. The molecule has 0 saturated heterocycles. The van der Waals surface area contributed by atoms with E-state index in [0.29, 0.717) is 25.0 Å². The van der Waals surface area contributed by atoms with Crippen LogP contribution in [0.1, 0.15) is 12.8 Å². The maximum Gasteiger partial charge on any atom is 0.362 e. The van der Waals surface area contributed by atoms with Gasteiger partial charge in [-0.1, -0.05) is 0 Å². The fraction of sp³-hybridized carbons (Fsp3) is 0.571. The van der Waals surface area contributed by atoms with E-state index in [4.69, 9.17) is 10.2 Å². The van der Waals surface area contributed by atoms with Crippen LogP contribution in [0, 0.1) is 0 Å².